The summed E-state index contributed by atoms with van der Waals surface area (Å²) in [6, 6.07) is 16.4. The van der Waals surface area contributed by atoms with Crippen molar-refractivity contribution in [3.63, 3.8) is 0 Å². The lowest BCUT2D eigenvalue weighted by molar-refractivity contribution is 0.264. The molecule has 0 amide bonds. The SMILES string of the molecule is COc1ccc(CNCC2CCOc3ccccc32)cc1OCCCC#N. The summed E-state index contributed by atoms with van der Waals surface area (Å²) < 4.78 is 16.9. The third-order valence-electron chi connectivity index (χ3n) is 4.72. The van der Waals surface area contributed by atoms with E-state index in [0.717, 1.165) is 43.2 Å². The number of benzene rings is 2. The summed E-state index contributed by atoms with van der Waals surface area (Å²) in [5.74, 6) is 2.92. The first-order valence-electron chi connectivity index (χ1n) is 9.41. The molecule has 1 heterocycles. The summed E-state index contributed by atoms with van der Waals surface area (Å²) in [5.41, 5.74) is 2.43. The molecule has 0 saturated carbocycles. The maximum atomic E-state index is 8.63. The molecule has 2 aromatic carbocycles. The van der Waals surface area contributed by atoms with Crippen molar-refractivity contribution in [1.82, 2.24) is 5.32 Å². The van der Waals surface area contributed by atoms with E-state index in [1.54, 1.807) is 7.11 Å². The quantitative estimate of drug-likeness (QED) is 0.679. The second kappa shape index (κ2) is 9.84. The highest BCUT2D eigenvalue weighted by atomic mass is 16.5. The highest BCUT2D eigenvalue weighted by Crippen LogP contribution is 2.33. The van der Waals surface area contributed by atoms with Gasteiger partial charge in [-0.05, 0) is 42.2 Å². The monoisotopic (exact) mass is 366 g/mol. The summed E-state index contributed by atoms with van der Waals surface area (Å²) in [6.45, 7) is 2.95. The van der Waals surface area contributed by atoms with Gasteiger partial charge in [0.1, 0.15) is 5.75 Å². The summed E-state index contributed by atoms with van der Waals surface area (Å²) in [5, 5.41) is 12.2. The number of fused-ring (bicyclic) bond motifs is 1. The van der Waals surface area contributed by atoms with E-state index in [4.69, 9.17) is 19.5 Å². The molecule has 1 atom stereocenters. The van der Waals surface area contributed by atoms with Gasteiger partial charge in [0.15, 0.2) is 11.5 Å². The number of unbranched alkanes of at least 4 members (excludes halogenated alkanes) is 1. The number of methoxy groups -OCH3 is 1. The third kappa shape index (κ3) is 5.15. The maximum Gasteiger partial charge on any atom is 0.161 e. The highest BCUT2D eigenvalue weighted by Gasteiger charge is 2.20. The van der Waals surface area contributed by atoms with E-state index in [1.807, 2.05) is 30.3 Å². The number of nitrogens with one attached hydrogen (secondary N) is 1. The molecule has 0 spiro atoms. The first kappa shape index (κ1) is 19.1. The van der Waals surface area contributed by atoms with Crippen molar-refractivity contribution in [3.8, 4) is 23.3 Å². The highest BCUT2D eigenvalue weighted by molar-refractivity contribution is 5.43. The topological polar surface area (TPSA) is 63.5 Å². The molecule has 142 valence electrons. The Morgan fingerprint density at radius 2 is 2.11 bits per heavy atom. The van der Waals surface area contributed by atoms with Gasteiger partial charge >= 0.3 is 0 Å². The maximum absolute atomic E-state index is 8.63. The van der Waals surface area contributed by atoms with E-state index in [0.29, 0.717) is 31.1 Å². The lowest BCUT2D eigenvalue weighted by Crippen LogP contribution is -2.25. The zero-order valence-corrected chi connectivity index (χ0v) is 15.7. The van der Waals surface area contributed by atoms with Crippen LogP contribution in [0.3, 0.4) is 0 Å². The zero-order valence-electron chi connectivity index (χ0n) is 15.7. The van der Waals surface area contributed by atoms with Crippen LogP contribution in [0.1, 0.15) is 36.3 Å². The van der Waals surface area contributed by atoms with Gasteiger partial charge in [-0.3, -0.25) is 0 Å². The van der Waals surface area contributed by atoms with E-state index in [-0.39, 0.29) is 0 Å². The average molecular weight is 366 g/mol. The third-order valence-corrected chi connectivity index (χ3v) is 4.72. The van der Waals surface area contributed by atoms with Crippen LogP contribution in [0.25, 0.3) is 0 Å². The molecule has 3 rings (SSSR count). The fraction of sp³-hybridized carbons (Fsp3) is 0.409. The van der Waals surface area contributed by atoms with Crippen LogP contribution in [0.5, 0.6) is 17.2 Å². The standard InChI is InChI=1S/C22H26N2O3/c1-25-21-9-8-17(14-22(21)26-12-5-4-11-23)15-24-16-18-10-13-27-20-7-3-2-6-19(18)20/h2-3,6-9,14,18,24H,4-5,10,12-13,15-16H2,1H3. The Labute approximate surface area is 160 Å². The van der Waals surface area contributed by atoms with Gasteiger partial charge in [-0.15, -0.1) is 0 Å². The van der Waals surface area contributed by atoms with E-state index in [1.165, 1.54) is 5.56 Å². The number of nitriles is 1. The molecule has 0 aromatic heterocycles. The predicted octanol–water partition coefficient (Wildman–Crippen LogP) is 4.03. The van der Waals surface area contributed by atoms with Crippen molar-refractivity contribution in [3.05, 3.63) is 53.6 Å². The van der Waals surface area contributed by atoms with Gasteiger partial charge in [0.2, 0.25) is 0 Å². The van der Waals surface area contributed by atoms with Gasteiger partial charge in [-0.1, -0.05) is 24.3 Å². The van der Waals surface area contributed by atoms with Crippen LogP contribution in [0, 0.1) is 11.3 Å². The number of nitrogens with zero attached hydrogens (tertiary/aromatic N) is 1. The lowest BCUT2D eigenvalue weighted by Gasteiger charge is -2.26. The molecular weight excluding hydrogens is 340 g/mol. The number of rotatable bonds is 9. The first-order chi connectivity index (χ1) is 13.3. The molecule has 2 aromatic rings. The second-order valence-electron chi connectivity index (χ2n) is 6.60. The molecule has 27 heavy (non-hydrogen) atoms. The van der Waals surface area contributed by atoms with Crippen LogP contribution < -0.4 is 19.5 Å². The molecule has 1 unspecified atom stereocenters. The Morgan fingerprint density at radius 1 is 1.22 bits per heavy atom. The van der Waals surface area contributed by atoms with Gasteiger partial charge in [0.25, 0.3) is 0 Å². The number of para-hydroxylation sites is 1. The Balaban J connectivity index is 1.56. The fourth-order valence-corrected chi connectivity index (χ4v) is 3.30. The Morgan fingerprint density at radius 3 is 2.96 bits per heavy atom. The van der Waals surface area contributed by atoms with Crippen LogP contribution in [0.15, 0.2) is 42.5 Å². The summed E-state index contributed by atoms with van der Waals surface area (Å²) in [4.78, 5) is 0. The molecule has 0 radical (unpaired) electrons. The molecule has 5 nitrogen and oxygen atoms in total. The first-order valence-corrected chi connectivity index (χ1v) is 9.41. The zero-order chi connectivity index (χ0) is 18.9. The van der Waals surface area contributed by atoms with E-state index in [9.17, 15) is 0 Å². The van der Waals surface area contributed by atoms with Crippen LogP contribution in [0.4, 0.5) is 0 Å². The summed E-state index contributed by atoms with van der Waals surface area (Å²) in [7, 11) is 1.64. The number of hydrogen-bond donors (Lipinski definition) is 1. The van der Waals surface area contributed by atoms with Gasteiger partial charge in [0.05, 0.1) is 26.4 Å². The van der Waals surface area contributed by atoms with Crippen molar-refractivity contribution in [2.75, 3.05) is 26.9 Å². The van der Waals surface area contributed by atoms with Crippen molar-refractivity contribution in [2.24, 2.45) is 0 Å². The average Bonchev–Trinajstić information content (AvgIpc) is 2.71. The normalized spacial score (nSPS) is 15.3. The van der Waals surface area contributed by atoms with Crippen molar-refractivity contribution in [2.45, 2.75) is 31.7 Å². The van der Waals surface area contributed by atoms with Gasteiger partial charge < -0.3 is 19.5 Å². The van der Waals surface area contributed by atoms with Crippen LogP contribution >= 0.6 is 0 Å². The van der Waals surface area contributed by atoms with E-state index in [2.05, 4.69) is 23.5 Å². The largest absolute Gasteiger partial charge is 0.493 e. The molecule has 0 fully saturated rings. The molecular formula is C22H26N2O3. The molecule has 1 aliphatic rings. The lowest BCUT2D eigenvalue weighted by atomic mass is 9.93. The van der Waals surface area contributed by atoms with Crippen LogP contribution in [0.2, 0.25) is 0 Å². The minimum Gasteiger partial charge on any atom is -0.493 e. The smallest absolute Gasteiger partial charge is 0.161 e. The van der Waals surface area contributed by atoms with Gasteiger partial charge in [0, 0.05) is 25.4 Å². The minimum absolute atomic E-state index is 0.468. The molecule has 0 saturated heterocycles. The fourth-order valence-electron chi connectivity index (χ4n) is 3.30. The Hall–Kier alpha value is -2.71. The molecule has 0 aliphatic carbocycles. The molecule has 1 N–H and O–H groups in total. The van der Waals surface area contributed by atoms with Crippen molar-refractivity contribution >= 4 is 0 Å². The van der Waals surface area contributed by atoms with Crippen LogP contribution in [-0.4, -0.2) is 26.9 Å². The number of hydrogen-bond acceptors (Lipinski definition) is 5. The minimum atomic E-state index is 0.468. The molecule has 1 aliphatic heterocycles. The summed E-state index contributed by atoms with van der Waals surface area (Å²) in [6.07, 6.45) is 2.24. The number of ether oxygens (including phenoxy) is 3. The molecule has 0 bridgehead atoms. The van der Waals surface area contributed by atoms with Crippen LogP contribution in [-0.2, 0) is 6.54 Å². The van der Waals surface area contributed by atoms with Gasteiger partial charge in [-0.2, -0.15) is 5.26 Å². The second-order valence-corrected chi connectivity index (χ2v) is 6.60. The summed E-state index contributed by atoms with van der Waals surface area (Å²) >= 11 is 0. The Bertz CT molecular complexity index is 785. The van der Waals surface area contributed by atoms with Crippen molar-refractivity contribution < 1.29 is 14.2 Å². The van der Waals surface area contributed by atoms with E-state index >= 15 is 0 Å². The predicted molar refractivity (Wildman–Crippen MR) is 104 cm³/mol. The van der Waals surface area contributed by atoms with Gasteiger partial charge in [-0.25, -0.2) is 0 Å². The Kier molecular flexibility index (Phi) is 6.95. The molecule has 5 heteroatoms. The van der Waals surface area contributed by atoms with Crippen molar-refractivity contribution in [1.29, 1.82) is 5.26 Å². The van der Waals surface area contributed by atoms with E-state index < -0.39 is 0 Å².